The van der Waals surface area contributed by atoms with E-state index in [1.807, 2.05) is 0 Å². The minimum absolute atomic E-state index is 0.329. The maximum atomic E-state index is 9.51. The Hall–Kier alpha value is -0.120. The van der Waals surface area contributed by atoms with Crippen molar-refractivity contribution in [2.24, 2.45) is 11.8 Å². The van der Waals surface area contributed by atoms with E-state index in [4.69, 9.17) is 0 Å². The van der Waals surface area contributed by atoms with Crippen molar-refractivity contribution in [2.45, 2.75) is 18.6 Å². The Balaban J connectivity index is 2.07. The molecular weight excluding hydrogens is 142 g/mol. The van der Waals surface area contributed by atoms with Gasteiger partial charge in [0.05, 0.1) is 12.2 Å². The van der Waals surface area contributed by atoms with Crippen molar-refractivity contribution in [3.05, 3.63) is 0 Å². The molecule has 2 N–H and O–H groups in total. The molecule has 1 saturated carbocycles. The van der Waals surface area contributed by atoms with Crippen LogP contribution in [0.1, 0.15) is 6.42 Å². The number of aliphatic hydroxyl groups is 2. The third-order valence-electron chi connectivity index (χ3n) is 3.05. The Morgan fingerprint density at radius 1 is 1.27 bits per heavy atom. The molecular formula is C8H15NO2. The standard InChI is InChI=1S/C8H15NO2/c1-9-3-5-2-7(10)8(11)6(5)4-9/h5-8,10-11H,2-4H2,1H3/t5-,6+,7+,8-/m0/s1. The van der Waals surface area contributed by atoms with Crippen LogP contribution in [0.3, 0.4) is 0 Å². The summed E-state index contributed by atoms with van der Waals surface area (Å²) in [6, 6.07) is 0. The Kier molecular flexibility index (Phi) is 1.67. The van der Waals surface area contributed by atoms with Crippen LogP contribution in [0.15, 0.2) is 0 Å². The zero-order valence-corrected chi connectivity index (χ0v) is 6.77. The van der Waals surface area contributed by atoms with Gasteiger partial charge in [-0.3, -0.25) is 0 Å². The summed E-state index contributed by atoms with van der Waals surface area (Å²) in [5, 5.41) is 18.8. The molecule has 0 unspecified atom stereocenters. The van der Waals surface area contributed by atoms with Crippen molar-refractivity contribution < 1.29 is 10.2 Å². The van der Waals surface area contributed by atoms with Crippen LogP contribution in [0.25, 0.3) is 0 Å². The van der Waals surface area contributed by atoms with Crippen molar-refractivity contribution in [3.8, 4) is 0 Å². The van der Waals surface area contributed by atoms with Crippen molar-refractivity contribution in [3.63, 3.8) is 0 Å². The number of likely N-dealkylation sites (tertiary alicyclic amines) is 1. The third-order valence-corrected chi connectivity index (χ3v) is 3.05. The van der Waals surface area contributed by atoms with E-state index >= 15 is 0 Å². The van der Waals surface area contributed by atoms with E-state index < -0.39 is 12.2 Å². The van der Waals surface area contributed by atoms with Gasteiger partial charge in [0.2, 0.25) is 0 Å². The lowest BCUT2D eigenvalue weighted by Crippen LogP contribution is -2.29. The molecule has 1 heterocycles. The summed E-state index contributed by atoms with van der Waals surface area (Å²) >= 11 is 0. The maximum absolute atomic E-state index is 9.51. The van der Waals surface area contributed by atoms with Crippen LogP contribution in [0.4, 0.5) is 0 Å². The van der Waals surface area contributed by atoms with E-state index in [-0.39, 0.29) is 0 Å². The van der Waals surface area contributed by atoms with E-state index in [1.54, 1.807) is 0 Å². The first-order valence-corrected chi connectivity index (χ1v) is 4.23. The average molecular weight is 157 g/mol. The molecule has 2 fully saturated rings. The summed E-state index contributed by atoms with van der Waals surface area (Å²) < 4.78 is 0. The lowest BCUT2D eigenvalue weighted by molar-refractivity contribution is 0.0181. The number of fused-ring (bicyclic) bond motifs is 1. The quantitative estimate of drug-likeness (QED) is 0.488. The van der Waals surface area contributed by atoms with Gasteiger partial charge in [-0.25, -0.2) is 0 Å². The van der Waals surface area contributed by atoms with Crippen molar-refractivity contribution in [1.82, 2.24) is 4.90 Å². The van der Waals surface area contributed by atoms with Gasteiger partial charge in [-0.15, -0.1) is 0 Å². The number of nitrogens with zero attached hydrogens (tertiary/aromatic N) is 1. The van der Waals surface area contributed by atoms with E-state index in [1.165, 1.54) is 0 Å². The molecule has 3 nitrogen and oxygen atoms in total. The summed E-state index contributed by atoms with van der Waals surface area (Å²) in [4.78, 5) is 2.23. The van der Waals surface area contributed by atoms with Crippen LogP contribution in [0.2, 0.25) is 0 Å². The number of aliphatic hydroxyl groups excluding tert-OH is 2. The van der Waals surface area contributed by atoms with Gasteiger partial charge in [0.15, 0.2) is 0 Å². The first kappa shape index (κ1) is 7.53. The summed E-state index contributed by atoms with van der Waals surface area (Å²) in [6.45, 7) is 1.99. The fourth-order valence-electron chi connectivity index (χ4n) is 2.49. The van der Waals surface area contributed by atoms with Crippen LogP contribution in [-0.4, -0.2) is 47.5 Å². The van der Waals surface area contributed by atoms with E-state index in [0.29, 0.717) is 11.8 Å². The lowest BCUT2D eigenvalue weighted by atomic mass is 9.99. The van der Waals surface area contributed by atoms with Gasteiger partial charge in [-0.05, 0) is 19.4 Å². The van der Waals surface area contributed by atoms with Gasteiger partial charge < -0.3 is 15.1 Å². The molecule has 0 aromatic rings. The largest absolute Gasteiger partial charge is 0.390 e. The van der Waals surface area contributed by atoms with Gasteiger partial charge >= 0.3 is 0 Å². The van der Waals surface area contributed by atoms with Crippen LogP contribution in [-0.2, 0) is 0 Å². The van der Waals surface area contributed by atoms with Crippen LogP contribution in [0.5, 0.6) is 0 Å². The molecule has 64 valence electrons. The molecule has 0 amide bonds. The predicted octanol–water partition coefficient (Wildman–Crippen LogP) is -0.710. The highest BCUT2D eigenvalue weighted by molar-refractivity contribution is 4.97. The Morgan fingerprint density at radius 3 is 2.64 bits per heavy atom. The summed E-state index contributed by atoms with van der Waals surface area (Å²) in [6.07, 6.45) is -0.139. The van der Waals surface area contributed by atoms with Gasteiger partial charge in [-0.2, -0.15) is 0 Å². The molecule has 1 aliphatic heterocycles. The molecule has 0 bridgehead atoms. The monoisotopic (exact) mass is 157 g/mol. The normalized spacial score (nSPS) is 51.5. The molecule has 4 atom stereocenters. The van der Waals surface area contributed by atoms with Crippen molar-refractivity contribution in [2.75, 3.05) is 20.1 Å². The van der Waals surface area contributed by atoms with Crippen LogP contribution in [0, 0.1) is 11.8 Å². The second-order valence-electron chi connectivity index (χ2n) is 3.94. The molecule has 3 heteroatoms. The van der Waals surface area contributed by atoms with E-state index in [9.17, 15) is 10.2 Å². The Labute approximate surface area is 66.6 Å². The zero-order valence-electron chi connectivity index (χ0n) is 6.77. The van der Waals surface area contributed by atoms with E-state index in [2.05, 4.69) is 11.9 Å². The van der Waals surface area contributed by atoms with Gasteiger partial charge in [0, 0.05) is 19.0 Å². The topological polar surface area (TPSA) is 43.7 Å². The zero-order chi connectivity index (χ0) is 8.01. The molecule has 0 aromatic carbocycles. The highest BCUT2D eigenvalue weighted by Gasteiger charge is 2.45. The Morgan fingerprint density at radius 2 is 2.00 bits per heavy atom. The molecule has 2 rings (SSSR count). The minimum Gasteiger partial charge on any atom is -0.390 e. The molecule has 0 aromatic heterocycles. The maximum Gasteiger partial charge on any atom is 0.0842 e. The molecule has 2 aliphatic rings. The third kappa shape index (κ3) is 1.08. The number of hydrogen-bond acceptors (Lipinski definition) is 3. The summed E-state index contributed by atoms with van der Waals surface area (Å²) in [7, 11) is 2.07. The van der Waals surface area contributed by atoms with Crippen LogP contribution >= 0.6 is 0 Å². The Bertz CT molecular complexity index is 162. The molecule has 0 spiro atoms. The van der Waals surface area contributed by atoms with E-state index in [0.717, 1.165) is 19.5 Å². The summed E-state index contributed by atoms with van der Waals surface area (Å²) in [5.41, 5.74) is 0. The molecule has 1 saturated heterocycles. The van der Waals surface area contributed by atoms with Crippen LogP contribution < -0.4 is 0 Å². The number of hydrogen-bond donors (Lipinski definition) is 2. The second kappa shape index (κ2) is 2.44. The second-order valence-corrected chi connectivity index (χ2v) is 3.94. The summed E-state index contributed by atoms with van der Waals surface area (Å²) in [5.74, 6) is 0.861. The smallest absolute Gasteiger partial charge is 0.0842 e. The molecule has 0 radical (unpaired) electrons. The van der Waals surface area contributed by atoms with Gasteiger partial charge in [-0.1, -0.05) is 0 Å². The van der Waals surface area contributed by atoms with Crippen molar-refractivity contribution >= 4 is 0 Å². The first-order valence-electron chi connectivity index (χ1n) is 4.23. The molecule has 11 heavy (non-hydrogen) atoms. The fourth-order valence-corrected chi connectivity index (χ4v) is 2.49. The fraction of sp³-hybridized carbons (Fsp3) is 1.00. The number of rotatable bonds is 0. The minimum atomic E-state index is -0.468. The van der Waals surface area contributed by atoms with Crippen molar-refractivity contribution in [1.29, 1.82) is 0 Å². The first-order chi connectivity index (χ1) is 5.18. The SMILES string of the molecule is CN1C[C@@H]2C[C@@H](O)[C@@H](O)[C@@H]2C1. The molecule has 1 aliphatic carbocycles. The highest BCUT2D eigenvalue weighted by atomic mass is 16.3. The average Bonchev–Trinajstić information content (AvgIpc) is 2.37. The highest BCUT2D eigenvalue weighted by Crippen LogP contribution is 2.37. The van der Waals surface area contributed by atoms with Gasteiger partial charge in [0.25, 0.3) is 0 Å². The lowest BCUT2D eigenvalue weighted by Gasteiger charge is -2.15. The predicted molar refractivity (Wildman–Crippen MR) is 41.1 cm³/mol. The van der Waals surface area contributed by atoms with Gasteiger partial charge in [0.1, 0.15) is 0 Å².